The number of sulfonamides is 1. The van der Waals surface area contributed by atoms with Crippen LogP contribution in [0.3, 0.4) is 0 Å². The van der Waals surface area contributed by atoms with Crippen molar-refractivity contribution in [2.45, 2.75) is 30.9 Å². The second-order valence-corrected chi connectivity index (χ2v) is 7.04. The largest absolute Gasteiger partial charge is 0.375 e. The van der Waals surface area contributed by atoms with E-state index in [1.54, 1.807) is 19.1 Å². The minimum atomic E-state index is -3.56. The van der Waals surface area contributed by atoms with E-state index in [2.05, 4.69) is 15.4 Å². The van der Waals surface area contributed by atoms with Crippen molar-refractivity contribution in [2.24, 2.45) is 0 Å². The lowest BCUT2D eigenvalue weighted by Gasteiger charge is -2.29. The number of anilines is 1. The molecule has 0 bridgehead atoms. The SMILES string of the molecule is CNS(=O)(=O)c1cc(NC(=O)[C@H]2NCCO[C@@H]2C)ccc1C. The van der Waals surface area contributed by atoms with Crippen molar-refractivity contribution in [1.82, 2.24) is 10.0 Å². The summed E-state index contributed by atoms with van der Waals surface area (Å²) in [5, 5.41) is 5.82. The predicted octanol–water partition coefficient (Wildman–Crippen LogP) is 0.219. The van der Waals surface area contributed by atoms with Crippen molar-refractivity contribution >= 4 is 21.6 Å². The van der Waals surface area contributed by atoms with Gasteiger partial charge in [0.2, 0.25) is 15.9 Å². The van der Waals surface area contributed by atoms with Crippen LogP contribution in [0, 0.1) is 6.92 Å². The van der Waals surface area contributed by atoms with Crippen molar-refractivity contribution in [2.75, 3.05) is 25.5 Å². The Balaban J connectivity index is 2.20. The van der Waals surface area contributed by atoms with Gasteiger partial charge in [0.25, 0.3) is 0 Å². The lowest BCUT2D eigenvalue weighted by atomic mass is 10.1. The van der Waals surface area contributed by atoms with Crippen LogP contribution in [0.5, 0.6) is 0 Å². The monoisotopic (exact) mass is 327 g/mol. The summed E-state index contributed by atoms with van der Waals surface area (Å²) >= 11 is 0. The molecule has 122 valence electrons. The molecule has 1 saturated heterocycles. The Labute approximate surface area is 130 Å². The van der Waals surface area contributed by atoms with E-state index in [-0.39, 0.29) is 16.9 Å². The third kappa shape index (κ3) is 3.64. The lowest BCUT2D eigenvalue weighted by molar-refractivity contribution is -0.123. The molecule has 1 amide bonds. The summed E-state index contributed by atoms with van der Waals surface area (Å²) in [7, 11) is -2.21. The third-order valence-electron chi connectivity index (χ3n) is 3.61. The molecular weight excluding hydrogens is 306 g/mol. The zero-order valence-electron chi connectivity index (χ0n) is 12.8. The van der Waals surface area contributed by atoms with Crippen LogP contribution in [-0.2, 0) is 19.6 Å². The Morgan fingerprint density at radius 1 is 1.41 bits per heavy atom. The molecule has 1 heterocycles. The van der Waals surface area contributed by atoms with Crippen molar-refractivity contribution in [3.8, 4) is 0 Å². The summed E-state index contributed by atoms with van der Waals surface area (Å²) in [4.78, 5) is 12.4. The zero-order chi connectivity index (χ0) is 16.3. The number of morpholine rings is 1. The Morgan fingerprint density at radius 3 is 2.77 bits per heavy atom. The van der Waals surface area contributed by atoms with Crippen LogP contribution in [0.2, 0.25) is 0 Å². The maximum absolute atomic E-state index is 12.3. The van der Waals surface area contributed by atoms with Crippen molar-refractivity contribution in [1.29, 1.82) is 0 Å². The second kappa shape index (κ2) is 6.74. The highest BCUT2D eigenvalue weighted by Crippen LogP contribution is 2.20. The van der Waals surface area contributed by atoms with E-state index < -0.39 is 16.1 Å². The third-order valence-corrected chi connectivity index (χ3v) is 5.17. The number of nitrogens with one attached hydrogen (secondary N) is 3. The Bertz CT molecular complexity index is 660. The molecule has 1 aliphatic heterocycles. The van der Waals surface area contributed by atoms with Crippen LogP contribution in [0.1, 0.15) is 12.5 Å². The highest BCUT2D eigenvalue weighted by molar-refractivity contribution is 7.89. The van der Waals surface area contributed by atoms with Gasteiger partial charge in [-0.15, -0.1) is 0 Å². The number of hydrogen-bond donors (Lipinski definition) is 3. The van der Waals surface area contributed by atoms with E-state index in [1.807, 2.05) is 6.92 Å². The van der Waals surface area contributed by atoms with Gasteiger partial charge in [-0.25, -0.2) is 13.1 Å². The maximum atomic E-state index is 12.3. The predicted molar refractivity (Wildman–Crippen MR) is 83.3 cm³/mol. The molecule has 8 heteroatoms. The van der Waals surface area contributed by atoms with E-state index in [4.69, 9.17) is 4.74 Å². The summed E-state index contributed by atoms with van der Waals surface area (Å²) < 4.78 is 31.6. The number of amides is 1. The van der Waals surface area contributed by atoms with Gasteiger partial charge in [-0.2, -0.15) is 0 Å². The summed E-state index contributed by atoms with van der Waals surface area (Å²) in [6.45, 7) is 4.70. The first-order valence-corrected chi connectivity index (χ1v) is 8.53. The van der Waals surface area contributed by atoms with Gasteiger partial charge in [0.05, 0.1) is 17.6 Å². The molecule has 2 atom stereocenters. The number of ether oxygens (including phenoxy) is 1. The van der Waals surface area contributed by atoms with Gasteiger partial charge in [-0.05, 0) is 38.6 Å². The minimum Gasteiger partial charge on any atom is -0.375 e. The molecule has 0 aromatic heterocycles. The molecule has 0 saturated carbocycles. The molecule has 22 heavy (non-hydrogen) atoms. The van der Waals surface area contributed by atoms with E-state index in [0.29, 0.717) is 24.4 Å². The average molecular weight is 327 g/mol. The smallest absolute Gasteiger partial charge is 0.244 e. The fourth-order valence-corrected chi connectivity index (χ4v) is 3.32. The molecule has 1 aliphatic rings. The summed E-state index contributed by atoms with van der Waals surface area (Å²) in [6, 6.07) is 4.33. The van der Waals surface area contributed by atoms with Gasteiger partial charge in [0.1, 0.15) is 6.04 Å². The van der Waals surface area contributed by atoms with Crippen molar-refractivity contribution < 1.29 is 17.9 Å². The first kappa shape index (κ1) is 16.9. The summed E-state index contributed by atoms with van der Waals surface area (Å²) in [6.07, 6.45) is -0.236. The quantitative estimate of drug-likeness (QED) is 0.735. The number of benzene rings is 1. The molecule has 2 rings (SSSR count). The molecule has 1 aromatic rings. The molecule has 0 aliphatic carbocycles. The first-order chi connectivity index (χ1) is 10.3. The fraction of sp³-hybridized carbons (Fsp3) is 0.500. The number of aryl methyl sites for hydroxylation is 1. The van der Waals surface area contributed by atoms with E-state index >= 15 is 0 Å². The molecule has 0 radical (unpaired) electrons. The molecule has 7 nitrogen and oxygen atoms in total. The number of carbonyl (C=O) groups excluding carboxylic acids is 1. The van der Waals surface area contributed by atoms with Crippen LogP contribution in [-0.4, -0.2) is 46.7 Å². The summed E-state index contributed by atoms with van der Waals surface area (Å²) in [5.41, 5.74) is 1.05. The van der Waals surface area contributed by atoms with Crippen LogP contribution >= 0.6 is 0 Å². The minimum absolute atomic E-state index is 0.147. The van der Waals surface area contributed by atoms with Crippen LogP contribution in [0.15, 0.2) is 23.1 Å². The molecule has 1 aromatic carbocycles. The maximum Gasteiger partial charge on any atom is 0.244 e. The second-order valence-electron chi connectivity index (χ2n) is 5.18. The first-order valence-electron chi connectivity index (χ1n) is 7.05. The Hall–Kier alpha value is -1.48. The molecule has 0 unspecified atom stereocenters. The van der Waals surface area contributed by atoms with Gasteiger partial charge in [-0.1, -0.05) is 6.07 Å². The van der Waals surface area contributed by atoms with E-state index in [0.717, 1.165) is 0 Å². The Kier molecular flexibility index (Phi) is 5.17. The standard InChI is InChI=1S/C14H21N3O4S/c1-9-4-5-11(8-12(9)22(19,20)15-3)17-14(18)13-10(2)21-7-6-16-13/h4-5,8,10,13,15-16H,6-7H2,1-3H3,(H,17,18)/t10-,13+/m1/s1. The number of hydrogen-bond acceptors (Lipinski definition) is 5. The normalized spacial score (nSPS) is 22.3. The highest BCUT2D eigenvalue weighted by Gasteiger charge is 2.28. The van der Waals surface area contributed by atoms with Gasteiger partial charge >= 0.3 is 0 Å². The molecule has 0 spiro atoms. The fourth-order valence-electron chi connectivity index (χ4n) is 2.32. The number of rotatable bonds is 4. The van der Waals surface area contributed by atoms with Crippen molar-refractivity contribution in [3.05, 3.63) is 23.8 Å². The van der Waals surface area contributed by atoms with E-state index in [1.165, 1.54) is 13.1 Å². The van der Waals surface area contributed by atoms with Gasteiger partial charge < -0.3 is 15.4 Å². The number of carbonyl (C=O) groups is 1. The van der Waals surface area contributed by atoms with Gasteiger partial charge in [0, 0.05) is 12.2 Å². The van der Waals surface area contributed by atoms with Crippen LogP contribution < -0.4 is 15.4 Å². The van der Waals surface area contributed by atoms with E-state index in [9.17, 15) is 13.2 Å². The molecule has 1 fully saturated rings. The van der Waals surface area contributed by atoms with Crippen LogP contribution in [0.4, 0.5) is 5.69 Å². The van der Waals surface area contributed by atoms with Gasteiger partial charge in [-0.3, -0.25) is 4.79 Å². The highest BCUT2D eigenvalue weighted by atomic mass is 32.2. The Morgan fingerprint density at radius 2 is 2.14 bits per heavy atom. The zero-order valence-corrected chi connectivity index (χ0v) is 13.7. The topological polar surface area (TPSA) is 96.5 Å². The molecule has 3 N–H and O–H groups in total. The lowest BCUT2D eigenvalue weighted by Crippen LogP contribution is -2.53. The van der Waals surface area contributed by atoms with Crippen molar-refractivity contribution in [3.63, 3.8) is 0 Å². The van der Waals surface area contributed by atoms with Gasteiger partial charge in [0.15, 0.2) is 0 Å². The average Bonchev–Trinajstić information content (AvgIpc) is 2.49. The summed E-state index contributed by atoms with van der Waals surface area (Å²) in [5.74, 6) is -0.246. The van der Waals surface area contributed by atoms with Crippen LogP contribution in [0.25, 0.3) is 0 Å². The molecular formula is C14H21N3O4S.